The van der Waals surface area contributed by atoms with Crippen LogP contribution in [-0.2, 0) is 20.0 Å². The van der Waals surface area contributed by atoms with Gasteiger partial charge in [0, 0.05) is 18.0 Å². The second-order valence-corrected chi connectivity index (χ2v) is 4.59. The van der Waals surface area contributed by atoms with Gasteiger partial charge in [0.1, 0.15) is 12.6 Å². The fourth-order valence-electron chi connectivity index (χ4n) is 2.23. The molecule has 0 aliphatic carbocycles. The van der Waals surface area contributed by atoms with Gasteiger partial charge in [-0.15, -0.1) is 5.10 Å². The monoisotopic (exact) mass is 254 g/mol. The molecule has 0 saturated carbocycles. The zero-order valence-electron chi connectivity index (χ0n) is 11.1. The quantitative estimate of drug-likeness (QED) is 0.661. The summed E-state index contributed by atoms with van der Waals surface area (Å²) in [6, 6.07) is 6.10. The molecule has 5 nitrogen and oxygen atoms in total. The van der Waals surface area contributed by atoms with Gasteiger partial charge >= 0.3 is 0 Å². The molecule has 0 aliphatic rings. The maximum absolute atomic E-state index is 4.41. The van der Waals surface area contributed by atoms with Crippen molar-refractivity contribution in [2.75, 3.05) is 0 Å². The van der Waals surface area contributed by atoms with Crippen molar-refractivity contribution in [2.24, 2.45) is 7.05 Å². The summed E-state index contributed by atoms with van der Waals surface area (Å²) in [7, 11) is 1.98. The highest BCUT2D eigenvalue weighted by atomic mass is 15.4. The molecule has 0 fully saturated rings. The van der Waals surface area contributed by atoms with Crippen molar-refractivity contribution in [1.82, 2.24) is 20.0 Å². The lowest BCUT2D eigenvalue weighted by atomic mass is 10.1. The summed E-state index contributed by atoms with van der Waals surface area (Å²) in [5, 5.41) is 8.44. The molecule has 3 aromatic rings. The Bertz CT molecular complexity index is 717. The van der Waals surface area contributed by atoms with Gasteiger partial charge in [-0.2, -0.15) is 0 Å². The molecular formula is C14H16N5+. The van der Waals surface area contributed by atoms with Crippen LogP contribution >= 0.6 is 0 Å². The summed E-state index contributed by atoms with van der Waals surface area (Å²) in [4.78, 5) is 4.41. The highest BCUT2D eigenvalue weighted by molar-refractivity contribution is 5.71. The molecular weight excluding hydrogens is 238 g/mol. The van der Waals surface area contributed by atoms with E-state index >= 15 is 0 Å². The highest BCUT2D eigenvalue weighted by Crippen LogP contribution is 2.12. The largest absolute Gasteiger partial charge is 0.261 e. The van der Waals surface area contributed by atoms with Crippen molar-refractivity contribution in [2.45, 2.75) is 19.9 Å². The molecule has 0 amide bonds. The fourth-order valence-corrected chi connectivity index (χ4v) is 2.23. The molecule has 3 heterocycles. The van der Waals surface area contributed by atoms with E-state index in [2.05, 4.69) is 28.3 Å². The standard InChI is InChI=1S/C14H16N5/c1-3-12-11(5-4-7-15-12)9-19-14-6-8-18(2)10-13(14)16-17-19/h4-8,10H,3,9H2,1-2H3/q+1. The van der Waals surface area contributed by atoms with Crippen LogP contribution in [0.1, 0.15) is 18.2 Å². The Morgan fingerprint density at radius 1 is 1.32 bits per heavy atom. The molecule has 19 heavy (non-hydrogen) atoms. The first-order valence-corrected chi connectivity index (χ1v) is 6.39. The van der Waals surface area contributed by atoms with Gasteiger partial charge in [0.25, 0.3) is 0 Å². The van der Waals surface area contributed by atoms with Gasteiger partial charge in [-0.1, -0.05) is 18.2 Å². The van der Waals surface area contributed by atoms with E-state index in [-0.39, 0.29) is 0 Å². The predicted octanol–water partition coefficient (Wildman–Crippen LogP) is 1.26. The molecule has 0 unspecified atom stereocenters. The number of hydrogen-bond donors (Lipinski definition) is 0. The molecule has 0 N–H and O–H groups in total. The number of rotatable bonds is 3. The summed E-state index contributed by atoms with van der Waals surface area (Å²) in [5.41, 5.74) is 4.27. The zero-order chi connectivity index (χ0) is 13.2. The molecule has 3 rings (SSSR count). The normalized spacial score (nSPS) is 11.1. The minimum atomic E-state index is 0.710. The Kier molecular flexibility index (Phi) is 2.95. The first-order chi connectivity index (χ1) is 9.28. The summed E-state index contributed by atoms with van der Waals surface area (Å²) < 4.78 is 3.90. The SMILES string of the molecule is CCc1ncccc1Cn1nnc2c[n+](C)ccc21. The van der Waals surface area contributed by atoms with Crippen molar-refractivity contribution in [3.8, 4) is 0 Å². The van der Waals surface area contributed by atoms with E-state index in [1.807, 2.05) is 47.0 Å². The molecule has 0 radical (unpaired) electrons. The molecule has 0 spiro atoms. The Morgan fingerprint density at radius 2 is 2.21 bits per heavy atom. The minimum absolute atomic E-state index is 0.710. The third-order valence-electron chi connectivity index (χ3n) is 3.23. The van der Waals surface area contributed by atoms with Gasteiger partial charge < -0.3 is 0 Å². The molecule has 0 saturated heterocycles. The number of nitrogens with zero attached hydrogens (tertiary/aromatic N) is 5. The Morgan fingerprint density at radius 3 is 3.05 bits per heavy atom. The summed E-state index contributed by atoms with van der Waals surface area (Å²) in [5.74, 6) is 0. The van der Waals surface area contributed by atoms with E-state index in [1.165, 1.54) is 5.56 Å². The molecule has 0 aliphatic heterocycles. The van der Waals surface area contributed by atoms with Crippen molar-refractivity contribution >= 4 is 11.0 Å². The van der Waals surface area contributed by atoms with Crippen LogP contribution in [0.2, 0.25) is 0 Å². The zero-order valence-corrected chi connectivity index (χ0v) is 11.1. The van der Waals surface area contributed by atoms with E-state index in [0.29, 0.717) is 6.54 Å². The van der Waals surface area contributed by atoms with Crippen molar-refractivity contribution < 1.29 is 4.57 Å². The minimum Gasteiger partial charge on any atom is -0.261 e. The molecule has 0 atom stereocenters. The third kappa shape index (κ3) is 2.19. The summed E-state index contributed by atoms with van der Waals surface area (Å²) in [6.45, 7) is 2.83. The highest BCUT2D eigenvalue weighted by Gasteiger charge is 2.10. The maximum Gasteiger partial charge on any atom is 0.198 e. The summed E-state index contributed by atoms with van der Waals surface area (Å²) >= 11 is 0. The number of hydrogen-bond acceptors (Lipinski definition) is 3. The van der Waals surface area contributed by atoms with Crippen LogP contribution < -0.4 is 4.57 Å². The average molecular weight is 254 g/mol. The summed E-state index contributed by atoms with van der Waals surface area (Å²) in [6.07, 6.45) is 6.74. The lowest BCUT2D eigenvalue weighted by Gasteiger charge is -2.06. The van der Waals surface area contributed by atoms with Gasteiger partial charge in [0.05, 0.1) is 6.54 Å². The molecule has 3 aromatic heterocycles. The van der Waals surface area contributed by atoms with Gasteiger partial charge in [-0.25, -0.2) is 9.25 Å². The third-order valence-corrected chi connectivity index (χ3v) is 3.23. The van der Waals surface area contributed by atoms with E-state index in [9.17, 15) is 0 Å². The first-order valence-electron chi connectivity index (χ1n) is 6.39. The van der Waals surface area contributed by atoms with Crippen LogP contribution in [-0.4, -0.2) is 20.0 Å². The molecule has 5 heteroatoms. The van der Waals surface area contributed by atoms with Crippen molar-refractivity contribution in [1.29, 1.82) is 0 Å². The number of pyridine rings is 2. The van der Waals surface area contributed by atoms with Crippen LogP contribution in [0.4, 0.5) is 0 Å². The molecule has 96 valence electrons. The van der Waals surface area contributed by atoms with Gasteiger partial charge in [0.15, 0.2) is 17.9 Å². The number of fused-ring (bicyclic) bond motifs is 1. The van der Waals surface area contributed by atoms with Crippen LogP contribution in [0, 0.1) is 0 Å². The van der Waals surface area contributed by atoms with Gasteiger partial charge in [-0.05, 0) is 18.1 Å². The molecule has 0 bridgehead atoms. The lowest BCUT2D eigenvalue weighted by Crippen LogP contribution is -2.26. The Labute approximate surface area is 111 Å². The first kappa shape index (κ1) is 11.8. The van der Waals surface area contributed by atoms with Gasteiger partial charge in [0.2, 0.25) is 0 Å². The van der Waals surface area contributed by atoms with Crippen LogP contribution in [0.3, 0.4) is 0 Å². The second kappa shape index (κ2) is 4.76. The van der Waals surface area contributed by atoms with Crippen LogP contribution in [0.25, 0.3) is 11.0 Å². The molecule has 0 aromatic carbocycles. The van der Waals surface area contributed by atoms with Crippen molar-refractivity contribution in [3.05, 3.63) is 48.0 Å². The fraction of sp³-hybridized carbons (Fsp3) is 0.286. The number of aryl methyl sites for hydroxylation is 2. The number of aromatic nitrogens is 5. The second-order valence-electron chi connectivity index (χ2n) is 4.59. The Hall–Kier alpha value is -2.30. The van der Waals surface area contributed by atoms with E-state index in [4.69, 9.17) is 0 Å². The maximum atomic E-state index is 4.41. The predicted molar refractivity (Wildman–Crippen MR) is 71.4 cm³/mol. The van der Waals surface area contributed by atoms with E-state index in [0.717, 1.165) is 23.1 Å². The van der Waals surface area contributed by atoms with Crippen LogP contribution in [0.5, 0.6) is 0 Å². The smallest absolute Gasteiger partial charge is 0.198 e. The van der Waals surface area contributed by atoms with Crippen LogP contribution in [0.15, 0.2) is 36.8 Å². The topological polar surface area (TPSA) is 47.5 Å². The lowest BCUT2D eigenvalue weighted by molar-refractivity contribution is -0.670. The van der Waals surface area contributed by atoms with Crippen molar-refractivity contribution in [3.63, 3.8) is 0 Å². The van der Waals surface area contributed by atoms with Gasteiger partial charge in [-0.3, -0.25) is 4.98 Å². The van der Waals surface area contributed by atoms with E-state index in [1.54, 1.807) is 0 Å². The van der Waals surface area contributed by atoms with E-state index < -0.39 is 0 Å². The average Bonchev–Trinajstić information content (AvgIpc) is 2.82. The Balaban J connectivity index is 2.01.